The van der Waals surface area contributed by atoms with Gasteiger partial charge in [-0.25, -0.2) is 14.8 Å². The van der Waals surface area contributed by atoms with Crippen LogP contribution in [0.3, 0.4) is 0 Å². The highest BCUT2D eigenvalue weighted by molar-refractivity contribution is 7.14. The molecule has 5 atom stereocenters. The van der Waals surface area contributed by atoms with Crippen LogP contribution in [0.1, 0.15) is 73.1 Å². The zero-order valence-corrected chi connectivity index (χ0v) is 36.3. The number of amides is 3. The number of carbonyl (C=O) groups excluding carboxylic acids is 3. The number of benzene rings is 2. The first kappa shape index (κ1) is 43.6. The molecule has 3 fully saturated rings. The zero-order valence-electron chi connectivity index (χ0n) is 35.5. The molecular weight excluding hydrogens is 801 g/mol. The Morgan fingerprint density at radius 1 is 1.00 bits per heavy atom. The van der Waals surface area contributed by atoms with Gasteiger partial charge in [-0.1, -0.05) is 45.0 Å². The van der Waals surface area contributed by atoms with Gasteiger partial charge in [0.2, 0.25) is 11.8 Å². The molecule has 7 rings (SSSR count). The van der Waals surface area contributed by atoms with Gasteiger partial charge < -0.3 is 50.0 Å². The molecule has 3 heterocycles. The number of para-hydroxylation sites is 1. The number of aliphatic hydroxyl groups is 2. The van der Waals surface area contributed by atoms with Gasteiger partial charge in [-0.3, -0.25) is 9.59 Å². The molecular formula is C45H56N6O9S. The minimum Gasteiger partial charge on any atom is -0.497 e. The lowest BCUT2D eigenvalue weighted by Crippen LogP contribution is -2.63. The second-order valence-corrected chi connectivity index (χ2v) is 18.4. The van der Waals surface area contributed by atoms with Crippen molar-refractivity contribution in [2.24, 2.45) is 11.3 Å². The molecule has 326 valence electrons. The maximum Gasteiger partial charge on any atom is 0.408 e. The van der Waals surface area contributed by atoms with Gasteiger partial charge in [-0.2, -0.15) is 0 Å². The van der Waals surface area contributed by atoms with E-state index in [0.29, 0.717) is 33.8 Å². The van der Waals surface area contributed by atoms with Crippen molar-refractivity contribution in [3.8, 4) is 28.6 Å². The normalized spacial score (nSPS) is 22.1. The number of methoxy groups -OCH3 is 1. The van der Waals surface area contributed by atoms with Crippen LogP contribution in [0.4, 0.5) is 9.93 Å². The molecule has 5 N–H and O–H groups in total. The molecule has 61 heavy (non-hydrogen) atoms. The molecule has 15 nitrogen and oxygen atoms in total. The largest absolute Gasteiger partial charge is 0.497 e. The second kappa shape index (κ2) is 17.5. The fourth-order valence-electron chi connectivity index (χ4n) is 8.13. The molecule has 2 aromatic carbocycles. The standard InChI is InChI=1S/C45H56N6O9S/c1-8-27-23-44(27,45(55,56)60-29-16-10-9-11-17-29)50-39(52)36-21-31(24-51(36)40(53)38(43(4,5)6)49-42(54)59-28-14-12-13-15-28)58-37-22-34(35-25-61-41(48-35)46-26(2)3)47-33-20-30(57-7)18-19-32(33)37/h8-11,16-20,22,25-28,31,36,38,55-56H,1,12-15,21,23-24H2,2-7H3,(H,46,48)(H,49,54)(H,50,52)/t27-,31-,36+,38-,44-/m1/s1. The Kier molecular flexibility index (Phi) is 12.5. The van der Waals surface area contributed by atoms with Crippen molar-refractivity contribution in [1.82, 2.24) is 25.5 Å². The van der Waals surface area contributed by atoms with E-state index in [0.717, 1.165) is 30.8 Å². The lowest BCUT2D eigenvalue weighted by Gasteiger charge is -2.37. The number of alkyl carbamates (subject to hydrolysis) is 1. The number of ether oxygens (including phenoxy) is 4. The summed E-state index contributed by atoms with van der Waals surface area (Å²) in [4.78, 5) is 53.9. The molecule has 3 aliphatic rings. The number of hydrogen-bond acceptors (Lipinski definition) is 13. The number of aromatic nitrogens is 2. The number of rotatable bonds is 15. The van der Waals surface area contributed by atoms with Crippen LogP contribution in [0.5, 0.6) is 17.2 Å². The number of anilines is 1. The van der Waals surface area contributed by atoms with E-state index in [1.807, 2.05) is 46.1 Å². The molecule has 2 aromatic heterocycles. The minimum absolute atomic E-state index is 0.0215. The molecule has 0 spiro atoms. The summed E-state index contributed by atoms with van der Waals surface area (Å²) in [7, 11) is 1.57. The van der Waals surface area contributed by atoms with E-state index in [9.17, 15) is 24.6 Å². The molecule has 1 saturated heterocycles. The van der Waals surface area contributed by atoms with Crippen LogP contribution in [-0.4, -0.2) is 98.5 Å². The van der Waals surface area contributed by atoms with Crippen LogP contribution < -0.4 is 30.2 Å². The summed E-state index contributed by atoms with van der Waals surface area (Å²) in [6.07, 6.45) is 3.41. The van der Waals surface area contributed by atoms with Crippen LogP contribution in [-0.2, 0) is 14.3 Å². The average Bonchev–Trinajstić information content (AvgIpc) is 3.61. The van der Waals surface area contributed by atoms with E-state index >= 15 is 0 Å². The summed E-state index contributed by atoms with van der Waals surface area (Å²) in [5, 5.41) is 35.3. The Morgan fingerprint density at radius 3 is 2.39 bits per heavy atom. The van der Waals surface area contributed by atoms with E-state index in [1.165, 1.54) is 22.3 Å². The first-order chi connectivity index (χ1) is 29.0. The highest BCUT2D eigenvalue weighted by Gasteiger charge is 2.69. The maximum atomic E-state index is 14.9. The van der Waals surface area contributed by atoms with Crippen LogP contribution in [0, 0.1) is 11.3 Å². The number of thiazole rings is 1. The van der Waals surface area contributed by atoms with Crippen LogP contribution in [0.25, 0.3) is 22.3 Å². The topological polar surface area (TPSA) is 194 Å². The van der Waals surface area contributed by atoms with Crippen molar-refractivity contribution < 1.29 is 43.5 Å². The predicted octanol–water partition coefficient (Wildman–Crippen LogP) is 6.40. The molecule has 4 aromatic rings. The molecule has 0 bridgehead atoms. The van der Waals surface area contributed by atoms with E-state index in [-0.39, 0.29) is 37.3 Å². The number of likely N-dealkylation sites (tertiary alicyclic amines) is 1. The monoisotopic (exact) mass is 856 g/mol. The molecule has 0 unspecified atom stereocenters. The van der Waals surface area contributed by atoms with Crippen molar-refractivity contribution in [3.63, 3.8) is 0 Å². The lowest BCUT2D eigenvalue weighted by atomic mass is 9.85. The number of fused-ring (bicyclic) bond motifs is 1. The average molecular weight is 857 g/mol. The summed E-state index contributed by atoms with van der Waals surface area (Å²) >= 11 is 1.46. The summed E-state index contributed by atoms with van der Waals surface area (Å²) in [6.45, 7) is 13.3. The van der Waals surface area contributed by atoms with Gasteiger partial charge in [-0.05, 0) is 75.6 Å². The summed E-state index contributed by atoms with van der Waals surface area (Å²) in [5.74, 6) is -3.38. The lowest BCUT2D eigenvalue weighted by molar-refractivity contribution is -0.317. The third-order valence-corrected chi connectivity index (χ3v) is 12.3. The third-order valence-electron chi connectivity index (χ3n) is 11.5. The first-order valence-corrected chi connectivity index (χ1v) is 21.7. The quantitative estimate of drug-likeness (QED) is 0.0654. The fourth-order valence-corrected chi connectivity index (χ4v) is 8.99. The molecule has 0 radical (unpaired) electrons. The number of hydrogen-bond donors (Lipinski definition) is 5. The van der Waals surface area contributed by atoms with Gasteiger partial charge in [0.25, 0.3) is 0 Å². The Labute approximate surface area is 359 Å². The van der Waals surface area contributed by atoms with Crippen molar-refractivity contribution in [3.05, 3.63) is 72.6 Å². The SMILES string of the molecule is C=C[C@@H]1C[C@]1(NC(=O)[C@@H]1C[C@@H](Oc2cc(-c3csc(NC(C)C)n3)nc3cc(OC)ccc23)CN1C(=O)[C@@H](NC(=O)OC1CCCC1)C(C)(C)C)C(O)(O)Oc1ccccc1. The fraction of sp³-hybridized carbons (Fsp3) is 0.489. The Balaban J connectivity index is 1.22. The van der Waals surface area contributed by atoms with Gasteiger partial charge in [0.15, 0.2) is 5.13 Å². The number of carbonyl (C=O) groups is 3. The summed E-state index contributed by atoms with van der Waals surface area (Å²) in [5.41, 5.74) is -0.726. The molecule has 2 saturated carbocycles. The van der Waals surface area contributed by atoms with Crippen molar-refractivity contribution in [2.75, 3.05) is 19.0 Å². The Bertz CT molecular complexity index is 2240. The maximum absolute atomic E-state index is 14.9. The third kappa shape index (κ3) is 9.56. The number of pyridine rings is 1. The highest BCUT2D eigenvalue weighted by atomic mass is 32.1. The van der Waals surface area contributed by atoms with Crippen LogP contribution >= 0.6 is 11.3 Å². The molecule has 1 aliphatic heterocycles. The smallest absolute Gasteiger partial charge is 0.408 e. The number of nitrogens with one attached hydrogen (secondary N) is 3. The van der Waals surface area contributed by atoms with Crippen molar-refractivity contribution in [1.29, 1.82) is 0 Å². The van der Waals surface area contributed by atoms with Crippen LogP contribution in [0.2, 0.25) is 0 Å². The van der Waals surface area contributed by atoms with Crippen LogP contribution in [0.15, 0.2) is 72.6 Å². The van der Waals surface area contributed by atoms with Gasteiger partial charge in [0.1, 0.15) is 52.8 Å². The summed E-state index contributed by atoms with van der Waals surface area (Å²) < 4.78 is 23.7. The molecule has 16 heteroatoms. The van der Waals surface area contributed by atoms with Crippen molar-refractivity contribution in [2.45, 2.75) is 115 Å². The zero-order chi connectivity index (χ0) is 43.7. The second-order valence-electron chi connectivity index (χ2n) is 17.5. The molecule has 2 aliphatic carbocycles. The van der Waals surface area contributed by atoms with Crippen molar-refractivity contribution >= 4 is 45.3 Å². The molecule has 3 amide bonds. The van der Waals surface area contributed by atoms with Gasteiger partial charge in [0.05, 0.1) is 24.9 Å². The van der Waals surface area contributed by atoms with E-state index in [2.05, 4.69) is 22.5 Å². The van der Waals surface area contributed by atoms with Gasteiger partial charge >= 0.3 is 12.1 Å². The van der Waals surface area contributed by atoms with E-state index in [1.54, 1.807) is 55.6 Å². The van der Waals surface area contributed by atoms with Gasteiger partial charge in [0, 0.05) is 41.3 Å². The van der Waals surface area contributed by atoms with E-state index < -0.39 is 58.9 Å². The van der Waals surface area contributed by atoms with E-state index in [4.69, 9.17) is 28.9 Å². The summed E-state index contributed by atoms with van der Waals surface area (Å²) in [6, 6.07) is 13.4. The first-order valence-electron chi connectivity index (χ1n) is 20.8. The van der Waals surface area contributed by atoms with Gasteiger partial charge in [-0.15, -0.1) is 17.9 Å². The minimum atomic E-state index is -2.85. The predicted molar refractivity (Wildman–Crippen MR) is 231 cm³/mol. The Morgan fingerprint density at radius 2 is 1.74 bits per heavy atom. The Hall–Kier alpha value is -5.45. The number of nitrogens with zero attached hydrogens (tertiary/aromatic N) is 3. The highest BCUT2D eigenvalue weighted by Crippen LogP contribution is 2.51.